The number of nitrogens with zero attached hydrogens (tertiary/aromatic N) is 4. The fourth-order valence-electron chi connectivity index (χ4n) is 3.72. The molecule has 2 heterocycles. The lowest BCUT2D eigenvalue weighted by molar-refractivity contribution is -0.118. The van der Waals surface area contributed by atoms with Crippen molar-refractivity contribution < 1.29 is 9.18 Å². The number of anilines is 3. The van der Waals surface area contributed by atoms with Gasteiger partial charge in [-0.1, -0.05) is 12.1 Å². The summed E-state index contributed by atoms with van der Waals surface area (Å²) < 4.78 is 15.0. The second-order valence-electron chi connectivity index (χ2n) is 7.87. The highest BCUT2D eigenvalue weighted by Crippen LogP contribution is 2.49. The van der Waals surface area contributed by atoms with Crippen LogP contribution in [0.5, 0.6) is 0 Å². The first kappa shape index (κ1) is 19.9. The first-order chi connectivity index (χ1) is 15.5. The van der Waals surface area contributed by atoms with Crippen molar-refractivity contribution in [2.75, 3.05) is 10.6 Å². The van der Waals surface area contributed by atoms with Crippen LogP contribution >= 0.6 is 0 Å². The Balaban J connectivity index is 1.28. The minimum atomic E-state index is -0.563. The minimum absolute atomic E-state index is 0.0683. The second kappa shape index (κ2) is 7.88. The van der Waals surface area contributed by atoms with Gasteiger partial charge in [0.25, 0.3) is 0 Å². The summed E-state index contributed by atoms with van der Waals surface area (Å²) in [6.07, 6.45) is 6.72. The number of halogens is 1. The van der Waals surface area contributed by atoms with Gasteiger partial charge >= 0.3 is 0 Å². The molecule has 0 spiro atoms. The summed E-state index contributed by atoms with van der Waals surface area (Å²) >= 11 is 0. The van der Waals surface area contributed by atoms with Crippen molar-refractivity contribution in [1.82, 2.24) is 19.5 Å². The van der Waals surface area contributed by atoms with E-state index < -0.39 is 5.41 Å². The van der Waals surface area contributed by atoms with Gasteiger partial charge in [-0.15, -0.1) is 0 Å². The molecule has 1 aliphatic rings. The van der Waals surface area contributed by atoms with E-state index in [0.29, 0.717) is 17.3 Å². The Kier molecular flexibility index (Phi) is 4.89. The molecule has 1 aliphatic carbocycles. The van der Waals surface area contributed by atoms with Gasteiger partial charge in [-0.25, -0.2) is 19.3 Å². The van der Waals surface area contributed by atoms with E-state index in [1.54, 1.807) is 24.7 Å². The maximum absolute atomic E-state index is 13.2. The molecule has 0 saturated heterocycles. The predicted octanol–water partition coefficient (Wildman–Crippen LogP) is 4.52. The lowest BCUT2D eigenvalue weighted by atomic mass is 9.95. The lowest BCUT2D eigenvalue weighted by Gasteiger charge is -2.16. The number of aryl methyl sites for hydroxylation is 1. The molecule has 2 aromatic carbocycles. The van der Waals surface area contributed by atoms with Crippen LogP contribution in [0.15, 0.2) is 73.3 Å². The highest BCUT2D eigenvalue weighted by molar-refractivity contribution is 6.01. The van der Waals surface area contributed by atoms with E-state index >= 15 is 0 Å². The molecule has 0 bridgehead atoms. The maximum Gasteiger partial charge on any atom is 0.235 e. The maximum atomic E-state index is 13.2. The SMILES string of the molecule is Cc1nc(Nc2ccc(NC(=O)C3(c4ccc(F)cc4)CC3)cc2)cc(-n2ccnc2)n1. The number of carbonyl (C=O) groups excluding carboxylic acids is 1. The van der Waals surface area contributed by atoms with Gasteiger partial charge in [0.05, 0.1) is 5.41 Å². The fraction of sp³-hybridized carbons (Fsp3) is 0.167. The number of hydrogen-bond acceptors (Lipinski definition) is 5. The van der Waals surface area contributed by atoms with Crippen LogP contribution in [0.25, 0.3) is 5.82 Å². The number of aromatic nitrogens is 4. The third-order valence-corrected chi connectivity index (χ3v) is 5.59. The minimum Gasteiger partial charge on any atom is -0.340 e. The molecule has 0 unspecified atom stereocenters. The number of imidazole rings is 1. The molecule has 5 rings (SSSR count). The lowest BCUT2D eigenvalue weighted by Crippen LogP contribution is -2.27. The summed E-state index contributed by atoms with van der Waals surface area (Å²) in [6, 6.07) is 15.4. The van der Waals surface area contributed by atoms with Crippen molar-refractivity contribution in [3.05, 3.63) is 90.5 Å². The molecule has 0 atom stereocenters. The van der Waals surface area contributed by atoms with Crippen molar-refractivity contribution >= 4 is 23.1 Å². The van der Waals surface area contributed by atoms with Gasteiger partial charge in [0.2, 0.25) is 5.91 Å². The summed E-state index contributed by atoms with van der Waals surface area (Å²) in [5.41, 5.74) is 1.82. The highest BCUT2D eigenvalue weighted by Gasteiger charge is 2.51. The van der Waals surface area contributed by atoms with E-state index in [9.17, 15) is 9.18 Å². The van der Waals surface area contributed by atoms with Crippen LogP contribution < -0.4 is 10.6 Å². The molecule has 160 valence electrons. The molecular weight excluding hydrogens is 407 g/mol. The van der Waals surface area contributed by atoms with Crippen molar-refractivity contribution in [2.24, 2.45) is 0 Å². The van der Waals surface area contributed by atoms with Crippen LogP contribution in [-0.2, 0) is 10.2 Å². The fourth-order valence-corrected chi connectivity index (χ4v) is 3.72. The Labute approximate surface area is 184 Å². The van der Waals surface area contributed by atoms with Gasteiger partial charge in [0.1, 0.15) is 29.6 Å². The van der Waals surface area contributed by atoms with Crippen LogP contribution in [-0.4, -0.2) is 25.4 Å². The molecule has 0 aliphatic heterocycles. The largest absolute Gasteiger partial charge is 0.340 e. The smallest absolute Gasteiger partial charge is 0.235 e. The Morgan fingerprint density at radius 2 is 1.75 bits per heavy atom. The summed E-state index contributed by atoms with van der Waals surface area (Å²) in [5, 5.41) is 6.26. The van der Waals surface area contributed by atoms with E-state index in [1.807, 2.05) is 48.0 Å². The number of nitrogens with one attached hydrogen (secondary N) is 2. The molecule has 1 fully saturated rings. The van der Waals surface area contributed by atoms with E-state index in [0.717, 1.165) is 29.9 Å². The Morgan fingerprint density at radius 1 is 1.03 bits per heavy atom. The molecule has 1 saturated carbocycles. The zero-order valence-corrected chi connectivity index (χ0v) is 17.4. The molecule has 4 aromatic rings. The van der Waals surface area contributed by atoms with Crippen molar-refractivity contribution in [1.29, 1.82) is 0 Å². The van der Waals surface area contributed by atoms with Gasteiger partial charge in [-0.3, -0.25) is 9.36 Å². The quantitative estimate of drug-likeness (QED) is 0.472. The average molecular weight is 428 g/mol. The number of amides is 1. The van der Waals surface area contributed by atoms with E-state index in [2.05, 4.69) is 25.6 Å². The molecule has 7 nitrogen and oxygen atoms in total. The average Bonchev–Trinajstić information content (AvgIpc) is 3.41. The summed E-state index contributed by atoms with van der Waals surface area (Å²) in [7, 11) is 0. The molecule has 1 amide bonds. The zero-order chi connectivity index (χ0) is 22.1. The van der Waals surface area contributed by atoms with E-state index in [1.165, 1.54) is 12.1 Å². The van der Waals surface area contributed by atoms with E-state index in [-0.39, 0.29) is 11.7 Å². The third kappa shape index (κ3) is 3.94. The van der Waals surface area contributed by atoms with Gasteiger partial charge < -0.3 is 10.6 Å². The molecule has 2 aromatic heterocycles. The normalized spacial score (nSPS) is 14.1. The molecular formula is C24H21FN6O. The monoisotopic (exact) mass is 428 g/mol. The number of benzene rings is 2. The molecule has 0 radical (unpaired) electrons. The summed E-state index contributed by atoms with van der Waals surface area (Å²) in [4.78, 5) is 25.8. The van der Waals surface area contributed by atoms with Crippen LogP contribution in [0.2, 0.25) is 0 Å². The predicted molar refractivity (Wildman–Crippen MR) is 120 cm³/mol. The summed E-state index contributed by atoms with van der Waals surface area (Å²) in [6.45, 7) is 1.83. The van der Waals surface area contributed by atoms with Crippen LogP contribution in [0.3, 0.4) is 0 Å². The number of rotatable bonds is 6. The molecule has 8 heteroatoms. The van der Waals surface area contributed by atoms with Crippen molar-refractivity contribution in [2.45, 2.75) is 25.2 Å². The first-order valence-electron chi connectivity index (χ1n) is 10.3. The van der Waals surface area contributed by atoms with Gasteiger partial charge in [0, 0.05) is 29.8 Å². The van der Waals surface area contributed by atoms with Crippen LogP contribution in [0, 0.1) is 12.7 Å². The zero-order valence-electron chi connectivity index (χ0n) is 17.4. The van der Waals surface area contributed by atoms with Crippen molar-refractivity contribution in [3.8, 4) is 5.82 Å². The van der Waals surface area contributed by atoms with Crippen LogP contribution in [0.4, 0.5) is 21.6 Å². The van der Waals surface area contributed by atoms with Gasteiger partial charge in [-0.05, 0) is 61.7 Å². The van der Waals surface area contributed by atoms with Gasteiger partial charge in [-0.2, -0.15) is 0 Å². The van der Waals surface area contributed by atoms with Crippen LogP contribution in [0.1, 0.15) is 24.2 Å². The van der Waals surface area contributed by atoms with E-state index in [4.69, 9.17) is 0 Å². The number of hydrogen-bond donors (Lipinski definition) is 2. The Hall–Kier alpha value is -4.07. The Bertz CT molecular complexity index is 1250. The molecule has 2 N–H and O–H groups in total. The highest BCUT2D eigenvalue weighted by atomic mass is 19.1. The molecule has 32 heavy (non-hydrogen) atoms. The number of carbonyl (C=O) groups is 1. The second-order valence-corrected chi connectivity index (χ2v) is 7.87. The standard InChI is InChI=1S/C24H21FN6O/c1-16-27-21(14-22(28-16)31-13-12-26-15-31)29-19-6-8-20(9-7-19)30-23(32)24(10-11-24)17-2-4-18(25)5-3-17/h2-9,12-15H,10-11H2,1H3,(H,30,32)(H,27,28,29). The third-order valence-electron chi connectivity index (χ3n) is 5.59. The first-order valence-corrected chi connectivity index (χ1v) is 10.3. The van der Waals surface area contributed by atoms with Gasteiger partial charge in [0.15, 0.2) is 0 Å². The van der Waals surface area contributed by atoms with Crippen molar-refractivity contribution in [3.63, 3.8) is 0 Å². The topological polar surface area (TPSA) is 84.7 Å². The summed E-state index contributed by atoms with van der Waals surface area (Å²) in [5.74, 6) is 1.64. The Morgan fingerprint density at radius 3 is 2.41 bits per heavy atom.